The molecular formula is C37H51NO13P+. The normalized spacial score (nSPS) is 21.6. The Balaban J connectivity index is 1.39. The highest BCUT2D eigenvalue weighted by atomic mass is 31.2. The number of quaternary nitrogens is 1. The number of carbonyl (C=O) groups is 3. The molecule has 0 saturated carbocycles. The number of hydrogen-bond donors (Lipinski definition) is 0. The van der Waals surface area contributed by atoms with E-state index in [0.29, 0.717) is 23.2 Å². The molecule has 2 aromatic rings. The summed E-state index contributed by atoms with van der Waals surface area (Å²) in [7, 11) is -4.76. The van der Waals surface area contributed by atoms with Crippen LogP contribution in [0.15, 0.2) is 60.7 Å². The summed E-state index contributed by atoms with van der Waals surface area (Å²) in [5.74, 6) is -0.657. The van der Waals surface area contributed by atoms with Crippen molar-refractivity contribution in [2.24, 2.45) is 0 Å². The minimum atomic E-state index is -4.76. The third-order valence-electron chi connectivity index (χ3n) is 9.74. The van der Waals surface area contributed by atoms with Crippen LogP contribution < -0.4 is 0 Å². The number of hydrogen-bond acceptors (Lipinski definition) is 13. The van der Waals surface area contributed by atoms with Crippen molar-refractivity contribution in [3.63, 3.8) is 0 Å². The first-order valence-corrected chi connectivity index (χ1v) is 19.4. The van der Waals surface area contributed by atoms with Gasteiger partial charge in [0.2, 0.25) is 19.2 Å². The maximum atomic E-state index is 14.8. The zero-order valence-electron chi connectivity index (χ0n) is 30.5. The predicted octanol–water partition coefficient (Wildman–Crippen LogP) is 7.34. The first-order valence-electron chi connectivity index (χ1n) is 18.0. The van der Waals surface area contributed by atoms with Gasteiger partial charge in [0.1, 0.15) is 6.10 Å². The van der Waals surface area contributed by atoms with Gasteiger partial charge in [0.05, 0.1) is 37.4 Å². The van der Waals surface area contributed by atoms with Gasteiger partial charge in [-0.25, -0.2) is 28.0 Å². The molecule has 52 heavy (non-hydrogen) atoms. The molecule has 286 valence electrons. The molecule has 2 bridgehead atoms. The largest absolute Gasteiger partial charge is 0.510 e. The highest BCUT2D eigenvalue weighted by molar-refractivity contribution is 7.48. The summed E-state index contributed by atoms with van der Waals surface area (Å²) in [6.07, 6.45) is 1.26. The number of carbonyl (C=O) groups excluding carboxylic acids is 3. The van der Waals surface area contributed by atoms with Crippen molar-refractivity contribution in [1.29, 1.82) is 0 Å². The Labute approximate surface area is 305 Å². The van der Waals surface area contributed by atoms with Gasteiger partial charge in [0.15, 0.2) is 6.29 Å². The van der Waals surface area contributed by atoms with Crippen LogP contribution in [0.5, 0.6) is 0 Å². The Morgan fingerprint density at radius 3 is 1.65 bits per heavy atom. The van der Waals surface area contributed by atoms with Crippen LogP contribution in [0, 0.1) is 0 Å². The van der Waals surface area contributed by atoms with Gasteiger partial charge < -0.3 is 32.9 Å². The molecule has 0 amide bonds. The molecule has 15 heteroatoms. The number of benzene rings is 2. The average Bonchev–Trinajstić information content (AvgIpc) is 3.63. The van der Waals surface area contributed by atoms with E-state index in [1.807, 2.05) is 12.1 Å². The zero-order valence-corrected chi connectivity index (χ0v) is 31.4. The first-order chi connectivity index (χ1) is 24.8. The van der Waals surface area contributed by atoms with Crippen molar-refractivity contribution in [2.75, 3.05) is 26.7 Å². The molecule has 5 rings (SSSR count). The van der Waals surface area contributed by atoms with Crippen LogP contribution in [-0.2, 0) is 57.0 Å². The number of phosphoric ester groups is 1. The molecule has 3 fully saturated rings. The topological polar surface area (TPSA) is 151 Å². The fourth-order valence-electron chi connectivity index (χ4n) is 7.75. The Morgan fingerprint density at radius 1 is 0.750 bits per heavy atom. The van der Waals surface area contributed by atoms with Gasteiger partial charge >= 0.3 is 26.1 Å². The maximum absolute atomic E-state index is 14.8. The van der Waals surface area contributed by atoms with E-state index in [0.717, 1.165) is 30.2 Å². The quantitative estimate of drug-likeness (QED) is 0.0554. The lowest BCUT2D eigenvalue weighted by Crippen LogP contribution is -2.60. The van der Waals surface area contributed by atoms with Crippen LogP contribution >= 0.6 is 7.82 Å². The number of rotatable bonds is 16. The lowest BCUT2D eigenvalue weighted by Gasteiger charge is -2.47. The summed E-state index contributed by atoms with van der Waals surface area (Å²) in [6.45, 7) is 8.41. The monoisotopic (exact) mass is 748 g/mol. The molecule has 0 aromatic heterocycles. The lowest BCUT2D eigenvalue weighted by molar-refractivity contribution is -0.956. The molecule has 14 nitrogen and oxygen atoms in total. The molecule has 3 aliphatic rings. The van der Waals surface area contributed by atoms with Gasteiger partial charge in [-0.05, 0) is 45.7 Å². The summed E-state index contributed by atoms with van der Waals surface area (Å²) in [6, 6.07) is 18.6. The van der Waals surface area contributed by atoms with E-state index in [2.05, 4.69) is 0 Å². The van der Waals surface area contributed by atoms with Crippen LogP contribution in [0.4, 0.5) is 9.59 Å². The number of ether oxygens (including phenoxy) is 6. The minimum absolute atomic E-state index is 0.316. The van der Waals surface area contributed by atoms with Crippen molar-refractivity contribution >= 4 is 26.1 Å². The molecule has 3 heterocycles. The van der Waals surface area contributed by atoms with Gasteiger partial charge in [-0.2, -0.15) is 0 Å². The van der Waals surface area contributed by atoms with E-state index in [1.165, 1.54) is 32.9 Å². The van der Waals surface area contributed by atoms with Gasteiger partial charge in [-0.3, -0.25) is 4.52 Å². The summed E-state index contributed by atoms with van der Waals surface area (Å²) >= 11 is 0. The third-order valence-corrected chi connectivity index (χ3v) is 11.1. The molecule has 3 unspecified atom stereocenters. The van der Waals surface area contributed by atoms with Crippen molar-refractivity contribution in [2.45, 2.75) is 115 Å². The van der Waals surface area contributed by atoms with Crippen molar-refractivity contribution in [3.8, 4) is 0 Å². The molecule has 0 radical (unpaired) electrons. The maximum Gasteiger partial charge on any atom is 0.510 e. The Morgan fingerprint density at radius 2 is 1.21 bits per heavy atom. The van der Waals surface area contributed by atoms with E-state index in [9.17, 15) is 18.9 Å². The van der Waals surface area contributed by atoms with Gasteiger partial charge in [-0.1, -0.05) is 60.7 Å². The molecule has 3 aliphatic heterocycles. The highest BCUT2D eigenvalue weighted by Crippen LogP contribution is 2.52. The molecule has 0 N–H and O–H groups in total. The summed E-state index contributed by atoms with van der Waals surface area (Å²) in [5, 5.41) is 0. The Bertz CT molecular complexity index is 1450. The first kappa shape index (κ1) is 39.7. The molecule has 1 spiro atoms. The smallest absolute Gasteiger partial charge is 0.459 e. The van der Waals surface area contributed by atoms with Gasteiger partial charge in [0.25, 0.3) is 0 Å². The number of phosphoric acid groups is 1. The lowest BCUT2D eigenvalue weighted by atomic mass is 9.85. The van der Waals surface area contributed by atoms with Crippen LogP contribution in [0.2, 0.25) is 0 Å². The zero-order chi connectivity index (χ0) is 37.4. The Kier molecular flexibility index (Phi) is 13.4. The second-order valence-corrected chi connectivity index (χ2v) is 15.5. The van der Waals surface area contributed by atoms with E-state index in [1.54, 1.807) is 76.2 Å². The van der Waals surface area contributed by atoms with Crippen molar-refractivity contribution in [3.05, 3.63) is 71.8 Å². The second kappa shape index (κ2) is 17.5. The van der Waals surface area contributed by atoms with E-state index in [4.69, 9.17) is 42.0 Å². The summed E-state index contributed by atoms with van der Waals surface area (Å²) in [5.41, 5.74) is -1.00. The van der Waals surface area contributed by atoms with Crippen molar-refractivity contribution in [1.82, 2.24) is 0 Å². The SMILES string of the molecule is CC(C)OC(=O)OCOP(=O)(OCOC(=O)OC(C)C)OC(C)OC(C(=O)OC1CC2CCC(C1)[N+]21CCCC1)(c1ccccc1)c1ccccc1. The van der Waals surface area contributed by atoms with Gasteiger partial charge in [-0.15, -0.1) is 0 Å². The van der Waals surface area contributed by atoms with Gasteiger partial charge in [0, 0.05) is 38.5 Å². The Hall–Kier alpha value is -3.52. The number of nitrogens with zero attached hydrogens (tertiary/aromatic N) is 1. The van der Waals surface area contributed by atoms with E-state index in [-0.39, 0.29) is 6.10 Å². The minimum Gasteiger partial charge on any atom is -0.459 e. The fraction of sp³-hybridized carbons (Fsp3) is 0.595. The van der Waals surface area contributed by atoms with E-state index < -0.39 is 63.8 Å². The van der Waals surface area contributed by atoms with E-state index >= 15 is 0 Å². The molecular weight excluding hydrogens is 697 g/mol. The average molecular weight is 749 g/mol. The molecule has 2 aromatic carbocycles. The third kappa shape index (κ3) is 9.52. The second-order valence-electron chi connectivity index (χ2n) is 13.9. The molecule has 3 saturated heterocycles. The predicted molar refractivity (Wildman–Crippen MR) is 185 cm³/mol. The standard InChI is InChI=1S/C37H51NO13P/c1-26(2)47-35(40)43-24-45-52(42,46-25-44-36(41)48-27(3)4)51-28(5)50-37(29-14-8-6-9-15-29,30-16-10-7-11-17-30)34(39)49-33-22-31-18-19-32(23-33)38(31)20-12-13-21-38/h6-11,14-17,26-28,31-33H,12-13,18-25H2,1-5H3/q+1. The molecule has 3 atom stereocenters. The number of piperidine rings is 1. The van der Waals surface area contributed by atoms with Crippen molar-refractivity contribution < 1.29 is 65.4 Å². The van der Waals surface area contributed by atoms with Crippen LogP contribution in [0.1, 0.15) is 84.3 Å². The summed E-state index contributed by atoms with van der Waals surface area (Å²) < 4.78 is 63.9. The van der Waals surface area contributed by atoms with Crippen LogP contribution in [0.25, 0.3) is 0 Å². The molecule has 0 aliphatic carbocycles. The van der Waals surface area contributed by atoms with Crippen LogP contribution in [-0.4, -0.2) is 86.1 Å². The fourth-order valence-corrected chi connectivity index (χ4v) is 8.72. The highest BCUT2D eigenvalue weighted by Gasteiger charge is 2.57. The number of esters is 1. The van der Waals surface area contributed by atoms with Crippen LogP contribution in [0.3, 0.4) is 0 Å². The summed E-state index contributed by atoms with van der Waals surface area (Å²) in [4.78, 5) is 38.7.